The second kappa shape index (κ2) is 6.04. The number of aliphatic hydroxyl groups is 1. The topological polar surface area (TPSA) is 50.1 Å². The maximum Gasteiger partial charge on any atom is 0.123 e. The number of fused-ring (bicyclic) bond motifs is 1. The van der Waals surface area contributed by atoms with Crippen LogP contribution in [0.5, 0.6) is 0 Å². The van der Waals surface area contributed by atoms with Gasteiger partial charge < -0.3 is 15.0 Å². The van der Waals surface area contributed by atoms with E-state index < -0.39 is 6.10 Å². The van der Waals surface area contributed by atoms with Gasteiger partial charge in [-0.2, -0.15) is 0 Å². The van der Waals surface area contributed by atoms with E-state index >= 15 is 0 Å². The third kappa shape index (κ3) is 2.72. The van der Waals surface area contributed by atoms with Gasteiger partial charge in [0.05, 0.1) is 23.7 Å². The van der Waals surface area contributed by atoms with Crippen LogP contribution in [0, 0.1) is 5.41 Å². The van der Waals surface area contributed by atoms with Crippen LogP contribution in [0.2, 0.25) is 0 Å². The van der Waals surface area contributed by atoms with Crippen LogP contribution in [0.3, 0.4) is 0 Å². The third-order valence-corrected chi connectivity index (χ3v) is 5.23. The Morgan fingerprint density at radius 3 is 2.54 bits per heavy atom. The Morgan fingerprint density at radius 1 is 1.12 bits per heavy atom. The first-order chi connectivity index (χ1) is 11.7. The van der Waals surface area contributed by atoms with E-state index in [1.54, 1.807) is 0 Å². The zero-order valence-electron chi connectivity index (χ0n) is 13.9. The van der Waals surface area contributed by atoms with Crippen LogP contribution in [0.15, 0.2) is 54.6 Å². The van der Waals surface area contributed by atoms with Gasteiger partial charge in [0.1, 0.15) is 5.82 Å². The first-order valence-corrected chi connectivity index (χ1v) is 8.54. The molecule has 0 amide bonds. The molecule has 0 bridgehead atoms. The van der Waals surface area contributed by atoms with Crippen LogP contribution in [0.4, 0.5) is 0 Å². The van der Waals surface area contributed by atoms with Gasteiger partial charge in [0.15, 0.2) is 0 Å². The quantitative estimate of drug-likeness (QED) is 0.733. The molecule has 0 aliphatic heterocycles. The summed E-state index contributed by atoms with van der Waals surface area (Å²) >= 11 is 0. The number of aromatic nitrogens is 2. The number of rotatable bonds is 6. The number of nitrogens with one attached hydrogen (secondary N) is 1. The van der Waals surface area contributed by atoms with Crippen molar-refractivity contribution in [3.8, 4) is 0 Å². The summed E-state index contributed by atoms with van der Waals surface area (Å²) in [6.07, 6.45) is 1.74. The molecule has 1 aromatic heterocycles. The van der Waals surface area contributed by atoms with E-state index in [0.29, 0.717) is 6.54 Å². The summed E-state index contributed by atoms with van der Waals surface area (Å²) in [7, 11) is 2.05. The minimum atomic E-state index is -0.397. The summed E-state index contributed by atoms with van der Waals surface area (Å²) in [5, 5.41) is 14.2. The molecular formula is C20H23N3O. The van der Waals surface area contributed by atoms with E-state index in [2.05, 4.69) is 23.0 Å². The Bertz CT molecular complexity index is 836. The predicted octanol–water partition coefficient (Wildman–Crippen LogP) is 3.18. The van der Waals surface area contributed by atoms with Crippen LogP contribution in [-0.2, 0) is 13.6 Å². The number of aliphatic hydroxyl groups excluding tert-OH is 1. The third-order valence-electron chi connectivity index (χ3n) is 5.23. The van der Waals surface area contributed by atoms with Crippen molar-refractivity contribution in [3.63, 3.8) is 0 Å². The number of hydrogen-bond donors (Lipinski definition) is 2. The smallest absolute Gasteiger partial charge is 0.123 e. The van der Waals surface area contributed by atoms with Crippen molar-refractivity contribution in [2.24, 2.45) is 12.5 Å². The molecule has 4 nitrogen and oxygen atoms in total. The molecule has 1 saturated carbocycles. The van der Waals surface area contributed by atoms with Crippen molar-refractivity contribution in [1.29, 1.82) is 0 Å². The minimum Gasteiger partial charge on any atom is -0.388 e. The molecule has 3 aromatic rings. The molecule has 1 aliphatic rings. The molecule has 24 heavy (non-hydrogen) atoms. The molecule has 2 N–H and O–H groups in total. The maximum atomic E-state index is 10.7. The van der Waals surface area contributed by atoms with E-state index in [9.17, 15) is 5.11 Å². The minimum absolute atomic E-state index is 0.0219. The molecule has 1 atom stereocenters. The highest BCUT2D eigenvalue weighted by Crippen LogP contribution is 2.54. The molecule has 0 spiro atoms. The van der Waals surface area contributed by atoms with E-state index in [-0.39, 0.29) is 5.41 Å². The number of aryl methyl sites for hydroxylation is 1. The number of nitrogens with zero attached hydrogens (tertiary/aromatic N) is 2. The van der Waals surface area contributed by atoms with Crippen molar-refractivity contribution in [3.05, 3.63) is 66.0 Å². The molecule has 1 fully saturated rings. The standard InChI is InChI=1S/C20H23N3O/c1-23-17-10-6-5-9-16(17)22-18(23)13-21-14-20(11-12-20)19(24)15-7-3-2-4-8-15/h2-10,19,21,24H,11-14H2,1H3. The van der Waals surface area contributed by atoms with Gasteiger partial charge in [-0.3, -0.25) is 0 Å². The second-order valence-electron chi connectivity index (χ2n) is 6.85. The Labute approximate surface area is 142 Å². The fourth-order valence-electron chi connectivity index (χ4n) is 3.47. The molecule has 0 radical (unpaired) electrons. The zero-order valence-corrected chi connectivity index (χ0v) is 13.9. The SMILES string of the molecule is Cn1c(CNCC2(C(O)c3ccccc3)CC2)nc2ccccc21. The molecule has 4 heteroatoms. The maximum absolute atomic E-state index is 10.7. The largest absolute Gasteiger partial charge is 0.388 e. The summed E-state index contributed by atoms with van der Waals surface area (Å²) in [6, 6.07) is 18.2. The Balaban J connectivity index is 1.42. The van der Waals surface area contributed by atoms with Crippen molar-refractivity contribution in [2.45, 2.75) is 25.5 Å². The lowest BCUT2D eigenvalue weighted by Crippen LogP contribution is -2.29. The number of benzene rings is 2. The van der Waals surface area contributed by atoms with Gasteiger partial charge in [0.2, 0.25) is 0 Å². The molecule has 0 saturated heterocycles. The van der Waals surface area contributed by atoms with Gasteiger partial charge in [-0.15, -0.1) is 0 Å². The lowest BCUT2D eigenvalue weighted by molar-refractivity contribution is 0.0916. The van der Waals surface area contributed by atoms with Gasteiger partial charge in [-0.25, -0.2) is 4.98 Å². The highest BCUT2D eigenvalue weighted by atomic mass is 16.3. The monoisotopic (exact) mass is 321 g/mol. The molecule has 1 aliphatic carbocycles. The highest BCUT2D eigenvalue weighted by Gasteiger charge is 2.48. The van der Waals surface area contributed by atoms with Crippen LogP contribution in [0.1, 0.15) is 30.3 Å². The van der Waals surface area contributed by atoms with Crippen molar-refractivity contribution in [1.82, 2.24) is 14.9 Å². The normalized spacial score (nSPS) is 17.1. The summed E-state index contributed by atoms with van der Waals surface area (Å²) in [5.41, 5.74) is 3.17. The summed E-state index contributed by atoms with van der Waals surface area (Å²) < 4.78 is 2.13. The average molecular weight is 321 g/mol. The van der Waals surface area contributed by atoms with Crippen molar-refractivity contribution in [2.75, 3.05) is 6.54 Å². The molecule has 1 heterocycles. The van der Waals surface area contributed by atoms with Gasteiger partial charge in [0.25, 0.3) is 0 Å². The lowest BCUT2D eigenvalue weighted by Gasteiger charge is -2.23. The summed E-state index contributed by atoms with van der Waals surface area (Å²) in [5.74, 6) is 1.03. The molecule has 1 unspecified atom stereocenters. The second-order valence-corrected chi connectivity index (χ2v) is 6.85. The van der Waals surface area contributed by atoms with Crippen LogP contribution < -0.4 is 5.32 Å². The summed E-state index contributed by atoms with van der Waals surface area (Å²) in [4.78, 5) is 4.69. The predicted molar refractivity (Wildman–Crippen MR) is 95.5 cm³/mol. The first kappa shape index (κ1) is 15.4. The Morgan fingerprint density at radius 2 is 1.83 bits per heavy atom. The van der Waals surface area contributed by atoms with E-state index in [1.165, 1.54) is 0 Å². The average Bonchev–Trinajstić information content (AvgIpc) is 3.35. The Kier molecular flexibility index (Phi) is 3.87. The number of para-hydroxylation sites is 2. The highest BCUT2D eigenvalue weighted by molar-refractivity contribution is 5.75. The van der Waals surface area contributed by atoms with Crippen molar-refractivity contribution < 1.29 is 5.11 Å². The van der Waals surface area contributed by atoms with Gasteiger partial charge in [-0.05, 0) is 30.5 Å². The van der Waals surface area contributed by atoms with Gasteiger partial charge >= 0.3 is 0 Å². The Hall–Kier alpha value is -2.17. The molecule has 124 valence electrons. The first-order valence-electron chi connectivity index (χ1n) is 8.54. The van der Waals surface area contributed by atoms with E-state index in [4.69, 9.17) is 4.98 Å². The number of hydrogen-bond acceptors (Lipinski definition) is 3. The van der Waals surface area contributed by atoms with Gasteiger partial charge in [0, 0.05) is 19.0 Å². The summed E-state index contributed by atoms with van der Waals surface area (Å²) in [6.45, 7) is 1.53. The van der Waals surface area contributed by atoms with E-state index in [0.717, 1.165) is 41.8 Å². The lowest BCUT2D eigenvalue weighted by atomic mass is 9.93. The molecular weight excluding hydrogens is 298 g/mol. The molecule has 2 aromatic carbocycles. The zero-order chi connectivity index (χ0) is 16.6. The molecule has 4 rings (SSSR count). The van der Waals surface area contributed by atoms with E-state index in [1.807, 2.05) is 48.5 Å². The fraction of sp³-hybridized carbons (Fsp3) is 0.350. The van der Waals surface area contributed by atoms with Crippen molar-refractivity contribution >= 4 is 11.0 Å². The number of imidazole rings is 1. The van der Waals surface area contributed by atoms with Gasteiger partial charge in [-0.1, -0.05) is 42.5 Å². The van der Waals surface area contributed by atoms with Crippen LogP contribution >= 0.6 is 0 Å². The van der Waals surface area contributed by atoms with Crippen LogP contribution in [-0.4, -0.2) is 21.2 Å². The van der Waals surface area contributed by atoms with Crippen LogP contribution in [0.25, 0.3) is 11.0 Å². The fourth-order valence-corrected chi connectivity index (χ4v) is 3.47.